The van der Waals surface area contributed by atoms with Crippen LogP contribution in [-0.4, -0.2) is 35.7 Å². The van der Waals surface area contributed by atoms with Gasteiger partial charge in [-0.05, 0) is 40.2 Å². The molecule has 0 saturated heterocycles. The molecule has 1 heterocycles. The Morgan fingerprint density at radius 2 is 1.97 bits per heavy atom. The van der Waals surface area contributed by atoms with Gasteiger partial charge < -0.3 is 20.7 Å². The molecule has 1 unspecified atom stereocenters. The zero-order valence-electron chi connectivity index (χ0n) is 17.8. The van der Waals surface area contributed by atoms with Crippen molar-refractivity contribution < 1.29 is 9.53 Å². The summed E-state index contributed by atoms with van der Waals surface area (Å²) in [7, 11) is 0. The van der Waals surface area contributed by atoms with Crippen LogP contribution in [0.3, 0.4) is 0 Å². The Kier molecular flexibility index (Phi) is 8.45. The van der Waals surface area contributed by atoms with Gasteiger partial charge in [0.15, 0.2) is 5.96 Å². The van der Waals surface area contributed by atoms with Crippen molar-refractivity contribution in [3.05, 3.63) is 52.0 Å². The van der Waals surface area contributed by atoms with E-state index in [0.29, 0.717) is 19.0 Å². The third-order valence-corrected chi connectivity index (χ3v) is 4.65. The molecule has 0 aliphatic rings. The first-order valence-electron chi connectivity index (χ1n) is 9.74. The largest absolute Gasteiger partial charge is 0.444 e. The quantitative estimate of drug-likeness (QED) is 0.471. The molecule has 0 aliphatic heterocycles. The van der Waals surface area contributed by atoms with Gasteiger partial charge >= 0.3 is 6.09 Å². The highest BCUT2D eigenvalue weighted by Gasteiger charge is 2.20. The Balaban J connectivity index is 2.06. The fourth-order valence-electron chi connectivity index (χ4n) is 2.55. The molecule has 2 rings (SSSR count). The summed E-state index contributed by atoms with van der Waals surface area (Å²) in [4.78, 5) is 22.4. The maximum Gasteiger partial charge on any atom is 0.408 e. The number of nitrogens with one attached hydrogen (secondary N) is 3. The summed E-state index contributed by atoms with van der Waals surface area (Å²) in [6.07, 6.45) is 1.40. The number of alkyl carbamates (subject to hydrolysis) is 1. The molecule has 1 aromatic carbocycles. The summed E-state index contributed by atoms with van der Waals surface area (Å²) >= 11 is 1.64. The van der Waals surface area contributed by atoms with E-state index in [9.17, 15) is 4.79 Å². The Labute approximate surface area is 177 Å². The number of aliphatic imine (C=N–C) groups is 1. The van der Waals surface area contributed by atoms with Gasteiger partial charge in [0, 0.05) is 24.2 Å². The zero-order chi connectivity index (χ0) is 21.3. The van der Waals surface area contributed by atoms with Gasteiger partial charge in [-0.15, -0.1) is 11.3 Å². The molecule has 3 N–H and O–H groups in total. The average Bonchev–Trinajstić information content (AvgIpc) is 3.07. The normalized spacial score (nSPS) is 12.9. The lowest BCUT2D eigenvalue weighted by molar-refractivity contribution is 0.0504. The number of thiazole rings is 1. The van der Waals surface area contributed by atoms with Crippen LogP contribution in [0, 0.1) is 6.92 Å². The number of carbonyl (C=O) groups excluding carboxylic acids is 1. The van der Waals surface area contributed by atoms with E-state index in [2.05, 4.69) is 25.9 Å². The van der Waals surface area contributed by atoms with Crippen LogP contribution in [0.15, 0.2) is 41.5 Å². The number of nitrogens with zero attached hydrogens (tertiary/aromatic N) is 2. The van der Waals surface area contributed by atoms with E-state index < -0.39 is 11.7 Å². The number of benzene rings is 1. The van der Waals surface area contributed by atoms with E-state index in [1.807, 2.05) is 71.1 Å². The number of amides is 1. The molecule has 29 heavy (non-hydrogen) atoms. The van der Waals surface area contributed by atoms with Crippen molar-refractivity contribution in [2.24, 2.45) is 4.99 Å². The van der Waals surface area contributed by atoms with Gasteiger partial charge in [-0.25, -0.2) is 14.8 Å². The third-order valence-electron chi connectivity index (χ3n) is 3.75. The Bertz CT molecular complexity index is 799. The molecule has 0 bridgehead atoms. The molecule has 8 heteroatoms. The summed E-state index contributed by atoms with van der Waals surface area (Å²) in [5, 5.41) is 10.5. The van der Waals surface area contributed by atoms with Crippen LogP contribution in [-0.2, 0) is 11.3 Å². The second kappa shape index (κ2) is 10.8. The molecule has 0 radical (unpaired) electrons. The fourth-order valence-corrected chi connectivity index (χ4v) is 3.26. The lowest BCUT2D eigenvalue weighted by Gasteiger charge is -2.24. The van der Waals surface area contributed by atoms with Crippen molar-refractivity contribution in [2.45, 2.75) is 52.8 Å². The number of rotatable bonds is 7. The molecule has 1 aromatic heterocycles. The first-order valence-corrected chi connectivity index (χ1v) is 10.6. The lowest BCUT2D eigenvalue weighted by atomic mass is 10.1. The van der Waals surface area contributed by atoms with Crippen LogP contribution in [0.4, 0.5) is 4.79 Å². The summed E-state index contributed by atoms with van der Waals surface area (Å²) in [6.45, 7) is 11.3. The van der Waals surface area contributed by atoms with Crippen molar-refractivity contribution in [1.29, 1.82) is 0 Å². The van der Waals surface area contributed by atoms with Crippen LogP contribution in [0.1, 0.15) is 49.2 Å². The molecular formula is C21H31N5O2S. The highest BCUT2D eigenvalue weighted by atomic mass is 32.1. The molecule has 158 valence electrons. The number of guanidine groups is 1. The number of aromatic nitrogens is 1. The third kappa shape index (κ3) is 8.51. The lowest BCUT2D eigenvalue weighted by Crippen LogP contribution is -2.44. The summed E-state index contributed by atoms with van der Waals surface area (Å²) in [6, 6.07) is 9.53. The minimum absolute atomic E-state index is 0.267. The standard InChI is InChI=1S/C21H31N5O2S/c1-6-22-19(25-14-18-23-12-15(2)29-18)24-13-17(16-10-8-7-9-11-16)26-20(27)28-21(3,4)5/h7-12,17H,6,13-14H2,1-5H3,(H,26,27)(H2,22,24,25). The number of hydrogen-bond acceptors (Lipinski definition) is 5. The number of carbonyl (C=O) groups is 1. The average molecular weight is 418 g/mol. The van der Waals surface area contributed by atoms with Gasteiger partial charge in [0.1, 0.15) is 10.6 Å². The van der Waals surface area contributed by atoms with Gasteiger partial charge in [0.2, 0.25) is 0 Å². The first kappa shape index (κ1) is 22.7. The molecule has 2 aromatic rings. The summed E-state index contributed by atoms with van der Waals surface area (Å²) in [5.41, 5.74) is 0.429. The van der Waals surface area contributed by atoms with E-state index in [-0.39, 0.29) is 6.04 Å². The number of aryl methyl sites for hydroxylation is 1. The summed E-state index contributed by atoms with van der Waals surface area (Å²) < 4.78 is 5.42. The van der Waals surface area contributed by atoms with Crippen molar-refractivity contribution in [3.8, 4) is 0 Å². The van der Waals surface area contributed by atoms with Crippen LogP contribution >= 0.6 is 11.3 Å². The molecule has 0 spiro atoms. The Hall–Kier alpha value is -2.61. The molecule has 7 nitrogen and oxygen atoms in total. The monoisotopic (exact) mass is 417 g/mol. The Morgan fingerprint density at radius 3 is 2.55 bits per heavy atom. The van der Waals surface area contributed by atoms with Gasteiger partial charge in [-0.3, -0.25) is 0 Å². The van der Waals surface area contributed by atoms with E-state index in [1.165, 1.54) is 4.88 Å². The highest BCUT2D eigenvalue weighted by molar-refractivity contribution is 7.11. The predicted molar refractivity (Wildman–Crippen MR) is 118 cm³/mol. The molecule has 0 saturated carbocycles. The maximum atomic E-state index is 12.3. The van der Waals surface area contributed by atoms with Crippen LogP contribution in [0.25, 0.3) is 0 Å². The van der Waals surface area contributed by atoms with Crippen molar-refractivity contribution in [2.75, 3.05) is 13.1 Å². The smallest absolute Gasteiger partial charge is 0.408 e. The van der Waals surface area contributed by atoms with Crippen LogP contribution < -0.4 is 16.0 Å². The predicted octanol–water partition coefficient (Wildman–Crippen LogP) is 3.77. The van der Waals surface area contributed by atoms with E-state index in [0.717, 1.165) is 17.1 Å². The van der Waals surface area contributed by atoms with E-state index in [4.69, 9.17) is 4.74 Å². The SMILES string of the molecule is CCNC(=NCc1ncc(C)s1)NCC(NC(=O)OC(C)(C)C)c1ccccc1. The van der Waals surface area contributed by atoms with E-state index >= 15 is 0 Å². The number of hydrogen-bond donors (Lipinski definition) is 3. The topological polar surface area (TPSA) is 87.6 Å². The van der Waals surface area contributed by atoms with Gasteiger partial charge in [-0.1, -0.05) is 30.3 Å². The molecular weight excluding hydrogens is 386 g/mol. The minimum atomic E-state index is -0.555. The van der Waals surface area contributed by atoms with Crippen LogP contribution in [0.2, 0.25) is 0 Å². The van der Waals surface area contributed by atoms with Crippen molar-refractivity contribution in [1.82, 2.24) is 20.9 Å². The van der Waals surface area contributed by atoms with E-state index in [1.54, 1.807) is 11.3 Å². The molecule has 1 amide bonds. The van der Waals surface area contributed by atoms with Crippen molar-refractivity contribution >= 4 is 23.4 Å². The maximum absolute atomic E-state index is 12.3. The second-order valence-electron chi connectivity index (χ2n) is 7.55. The van der Waals surface area contributed by atoms with Gasteiger partial charge in [0.05, 0.1) is 12.6 Å². The minimum Gasteiger partial charge on any atom is -0.444 e. The highest BCUT2D eigenvalue weighted by Crippen LogP contribution is 2.14. The summed E-state index contributed by atoms with van der Waals surface area (Å²) in [5.74, 6) is 0.673. The zero-order valence-corrected chi connectivity index (χ0v) is 18.6. The molecule has 0 fully saturated rings. The van der Waals surface area contributed by atoms with Crippen molar-refractivity contribution in [3.63, 3.8) is 0 Å². The first-order chi connectivity index (χ1) is 13.8. The number of ether oxygens (including phenoxy) is 1. The molecule has 0 aliphatic carbocycles. The Morgan fingerprint density at radius 1 is 1.24 bits per heavy atom. The second-order valence-corrected chi connectivity index (χ2v) is 8.87. The van der Waals surface area contributed by atoms with Gasteiger partial charge in [-0.2, -0.15) is 0 Å². The van der Waals surface area contributed by atoms with Crippen LogP contribution in [0.5, 0.6) is 0 Å². The van der Waals surface area contributed by atoms with Gasteiger partial charge in [0.25, 0.3) is 0 Å². The molecule has 1 atom stereocenters. The fraction of sp³-hybridized carbons (Fsp3) is 0.476.